The maximum absolute atomic E-state index is 14.4. The van der Waals surface area contributed by atoms with E-state index in [9.17, 15) is 64.2 Å². The van der Waals surface area contributed by atoms with Crippen LogP contribution in [0, 0.1) is 5.92 Å². The molecule has 3 saturated heterocycles. The molecule has 0 spiro atoms. The van der Waals surface area contributed by atoms with Crippen molar-refractivity contribution in [2.45, 2.75) is 127 Å². The van der Waals surface area contributed by atoms with Crippen molar-refractivity contribution in [3.05, 3.63) is 108 Å². The summed E-state index contributed by atoms with van der Waals surface area (Å²) in [5, 5.41) is 77.9. The van der Waals surface area contributed by atoms with Gasteiger partial charge in [-0.2, -0.15) is 0 Å². The molecule has 0 radical (unpaired) electrons. The van der Waals surface area contributed by atoms with Crippen molar-refractivity contribution < 1.29 is 68.9 Å². The number of phenolic OH excluding ortho intramolecular Hbond substituents is 1. The number of benzene rings is 4. The topological polar surface area (TPSA) is 317 Å². The van der Waals surface area contributed by atoms with Crippen LogP contribution in [-0.2, 0) is 35.2 Å². The molecule has 0 aromatic heterocycles. The summed E-state index contributed by atoms with van der Waals surface area (Å²) in [5.41, 5.74) is 4.08. The zero-order valence-corrected chi connectivity index (χ0v) is 43.4. The van der Waals surface area contributed by atoms with Crippen molar-refractivity contribution in [3.63, 3.8) is 0 Å². The second-order valence-electron chi connectivity index (χ2n) is 20.2. The van der Waals surface area contributed by atoms with Crippen LogP contribution in [0.3, 0.4) is 0 Å². The second-order valence-corrected chi connectivity index (χ2v) is 20.2. The summed E-state index contributed by atoms with van der Waals surface area (Å²) >= 11 is 0. The van der Waals surface area contributed by atoms with E-state index in [-0.39, 0.29) is 30.7 Å². The molecule has 3 aliphatic rings. The number of nitrogens with zero attached hydrogens (tertiary/aromatic N) is 2. The van der Waals surface area contributed by atoms with Crippen LogP contribution in [0.5, 0.6) is 11.5 Å². The molecule has 12 atom stereocenters. The maximum atomic E-state index is 14.4. The molecule has 412 valence electrons. The summed E-state index contributed by atoms with van der Waals surface area (Å²) < 4.78 is 5.85. The second kappa shape index (κ2) is 25.6. The molecular formula is C56H69N7O14. The Bertz CT molecular complexity index is 2720. The van der Waals surface area contributed by atoms with Gasteiger partial charge in [0.25, 0.3) is 5.91 Å². The quantitative estimate of drug-likeness (QED) is 0.0768. The highest BCUT2D eigenvalue weighted by Gasteiger charge is 2.49. The van der Waals surface area contributed by atoms with E-state index in [1.54, 1.807) is 19.1 Å². The first-order valence-electron chi connectivity index (χ1n) is 26.0. The average molecular weight is 1060 g/mol. The smallest absolute Gasteiger partial charge is 0.251 e. The van der Waals surface area contributed by atoms with Crippen LogP contribution in [0.1, 0.15) is 69.3 Å². The van der Waals surface area contributed by atoms with Crippen LogP contribution in [0.25, 0.3) is 22.3 Å². The fourth-order valence-corrected chi connectivity index (χ4v) is 9.78. The number of aliphatic hydroxyl groups excluding tert-OH is 5. The van der Waals surface area contributed by atoms with Gasteiger partial charge < -0.3 is 71.8 Å². The van der Waals surface area contributed by atoms with E-state index in [2.05, 4.69) is 33.5 Å². The lowest BCUT2D eigenvalue weighted by atomic mass is 9.99. The van der Waals surface area contributed by atoms with Gasteiger partial charge in [0.15, 0.2) is 0 Å². The van der Waals surface area contributed by atoms with Crippen molar-refractivity contribution in [3.8, 4) is 33.8 Å². The summed E-state index contributed by atoms with van der Waals surface area (Å²) in [6, 6.07) is 17.2. The highest BCUT2D eigenvalue weighted by Crippen LogP contribution is 2.29. The number of hydrogen-bond acceptors (Lipinski definition) is 14. The number of unbranched alkanes of at least 4 members (excludes halogenated alkanes) is 2. The SMILES string of the molecule is CCCCCOc1ccc(-c2ccc(-c3ccc(C(=O)NC4CNC(=O)[C@@H]5[C@@H](O)[C@@H](C)CN5C(=O)[C@H](C(C)O)NC(=O)[C@H]([C@H](O)Cc5ccc(O)cc5)NC(=O)[C@@H]5C[C@@H](O)CN5C(=O)[C@H](C(C)O)NC4=O)cc3)cc2)cc1. The molecular weight excluding hydrogens is 995 g/mol. The van der Waals surface area contributed by atoms with E-state index in [1.165, 1.54) is 50.2 Å². The zero-order chi connectivity index (χ0) is 55.7. The van der Waals surface area contributed by atoms with Crippen LogP contribution < -0.4 is 31.3 Å². The molecule has 3 aliphatic heterocycles. The van der Waals surface area contributed by atoms with Gasteiger partial charge in [0, 0.05) is 44.0 Å². The summed E-state index contributed by atoms with van der Waals surface area (Å²) in [6.45, 7) is 5.29. The molecule has 3 unspecified atom stereocenters. The third-order valence-electron chi connectivity index (χ3n) is 14.3. The van der Waals surface area contributed by atoms with E-state index < -0.39 is 127 Å². The number of hydrogen-bond donors (Lipinski definition) is 11. The van der Waals surface area contributed by atoms with Crippen molar-refractivity contribution in [1.82, 2.24) is 36.4 Å². The van der Waals surface area contributed by atoms with Gasteiger partial charge in [0.2, 0.25) is 35.4 Å². The maximum Gasteiger partial charge on any atom is 0.251 e. The van der Waals surface area contributed by atoms with Crippen LogP contribution in [0.15, 0.2) is 97.1 Å². The first-order valence-corrected chi connectivity index (χ1v) is 26.0. The molecule has 7 rings (SSSR count). The Morgan fingerprint density at radius 3 is 1.78 bits per heavy atom. The van der Waals surface area contributed by atoms with E-state index in [1.807, 2.05) is 48.5 Å². The molecule has 77 heavy (non-hydrogen) atoms. The standard InChI is InChI=1S/C56H69N7O14/c1-5-6-7-24-77-41-22-18-37(19-23-41)35-12-10-34(11-13-35)36-14-16-38(17-15-36)50(70)58-42-27-57-54(74)48-49(69)30(2)28-63(48)56(76)46(32(4)65)60-53(73)47(44(68)25-33-8-20-39(66)21-9-33)61-52(72)43-26-40(67)29-62(43)55(75)45(31(3)64)59-51(42)71/h8-23,30-32,40,42-49,64-69H,5-7,24-29H2,1-4H3,(H,57,74)(H,58,70)(H,59,71)(H,60,73)(H,61,72)/t30-,31?,32?,40+,42?,43-,44+,45-,46-,47-,48-,49-/m0/s1. The first kappa shape index (κ1) is 57.3. The molecule has 4 aromatic rings. The van der Waals surface area contributed by atoms with E-state index in [0.29, 0.717) is 12.2 Å². The number of nitrogens with one attached hydrogen (secondary N) is 5. The number of rotatable bonds is 14. The first-order chi connectivity index (χ1) is 36.7. The highest BCUT2D eigenvalue weighted by molar-refractivity contribution is 6.01. The monoisotopic (exact) mass is 1060 g/mol. The van der Waals surface area contributed by atoms with E-state index in [4.69, 9.17) is 4.74 Å². The summed E-state index contributed by atoms with van der Waals surface area (Å²) in [4.78, 5) is 102. The minimum absolute atomic E-state index is 0.0913. The lowest BCUT2D eigenvalue weighted by Gasteiger charge is -2.33. The van der Waals surface area contributed by atoms with Crippen molar-refractivity contribution in [1.29, 1.82) is 0 Å². The number of carbonyl (C=O) groups excluding carboxylic acids is 7. The van der Waals surface area contributed by atoms with Gasteiger partial charge in [-0.3, -0.25) is 33.6 Å². The molecule has 4 aromatic carbocycles. The zero-order valence-electron chi connectivity index (χ0n) is 43.4. The Morgan fingerprint density at radius 2 is 1.21 bits per heavy atom. The Kier molecular flexibility index (Phi) is 19.0. The van der Waals surface area contributed by atoms with Gasteiger partial charge in [-0.1, -0.05) is 87.4 Å². The summed E-state index contributed by atoms with van der Waals surface area (Å²) in [6.07, 6.45) is -5.38. The minimum Gasteiger partial charge on any atom is -0.508 e. The van der Waals surface area contributed by atoms with E-state index >= 15 is 0 Å². The van der Waals surface area contributed by atoms with Gasteiger partial charge in [0.1, 0.15) is 47.8 Å². The van der Waals surface area contributed by atoms with E-state index in [0.717, 1.165) is 57.1 Å². The fraction of sp³-hybridized carbons (Fsp3) is 0.446. The minimum atomic E-state index is -1.90. The number of amides is 7. The Hall–Kier alpha value is -7.43. The molecule has 21 nitrogen and oxygen atoms in total. The van der Waals surface area contributed by atoms with Gasteiger partial charge in [0.05, 0.1) is 37.1 Å². The van der Waals surface area contributed by atoms with Crippen molar-refractivity contribution >= 4 is 41.4 Å². The summed E-state index contributed by atoms with van der Waals surface area (Å²) in [5.74, 6) is -7.22. The highest BCUT2D eigenvalue weighted by atomic mass is 16.5. The number of ether oxygens (including phenoxy) is 1. The van der Waals surface area contributed by atoms with Gasteiger partial charge >= 0.3 is 0 Å². The Balaban J connectivity index is 1.15. The molecule has 3 fully saturated rings. The molecule has 11 N–H and O–H groups in total. The van der Waals surface area contributed by atoms with Gasteiger partial charge in [-0.15, -0.1) is 0 Å². The summed E-state index contributed by atoms with van der Waals surface area (Å²) in [7, 11) is 0. The third-order valence-corrected chi connectivity index (χ3v) is 14.3. The average Bonchev–Trinajstić information content (AvgIpc) is 3.97. The number of phenols is 1. The molecule has 3 heterocycles. The van der Waals surface area contributed by atoms with Gasteiger partial charge in [-0.25, -0.2) is 0 Å². The molecule has 7 amide bonds. The molecule has 0 aliphatic carbocycles. The van der Waals surface area contributed by atoms with Crippen LogP contribution in [0.4, 0.5) is 0 Å². The predicted octanol–water partition coefficient (Wildman–Crippen LogP) is 0.513. The van der Waals surface area contributed by atoms with Crippen LogP contribution in [-0.4, -0.2) is 175 Å². The molecule has 21 heteroatoms. The van der Waals surface area contributed by atoms with Gasteiger partial charge in [-0.05, 0) is 84.5 Å². The normalized spacial score (nSPS) is 25.9. The largest absolute Gasteiger partial charge is 0.508 e. The predicted molar refractivity (Wildman–Crippen MR) is 280 cm³/mol. The van der Waals surface area contributed by atoms with Crippen molar-refractivity contribution in [2.75, 3.05) is 26.2 Å². The Labute approximate surface area is 446 Å². The fourth-order valence-electron chi connectivity index (χ4n) is 9.78. The lowest BCUT2D eigenvalue weighted by molar-refractivity contribution is -0.146. The van der Waals surface area contributed by atoms with Crippen molar-refractivity contribution in [2.24, 2.45) is 5.92 Å². The third kappa shape index (κ3) is 14.0. The number of fused-ring (bicyclic) bond motifs is 2. The van der Waals surface area contributed by atoms with Crippen LogP contribution >= 0.6 is 0 Å². The number of carbonyl (C=O) groups is 7. The number of aliphatic hydroxyl groups is 5. The van der Waals surface area contributed by atoms with Crippen LogP contribution in [0.2, 0.25) is 0 Å². The number of aromatic hydroxyl groups is 1. The molecule has 0 saturated carbocycles. The Morgan fingerprint density at radius 1 is 0.675 bits per heavy atom. The molecule has 0 bridgehead atoms. The lowest BCUT2D eigenvalue weighted by Crippen LogP contribution is -2.63.